The fraction of sp³-hybridized carbons (Fsp3) is 0.364. The van der Waals surface area contributed by atoms with Crippen molar-refractivity contribution in [3.05, 3.63) is 28.8 Å². The van der Waals surface area contributed by atoms with Crippen molar-refractivity contribution in [2.45, 2.75) is 20.3 Å². The number of nitrogen functional groups attached to an aromatic ring is 1. The average Bonchev–Trinajstić information content (AvgIpc) is 2.20. The number of Topliss-reactive ketones (excluding diaryl/α,β-unsaturated/α-hetero) is 1. The highest BCUT2D eigenvalue weighted by Gasteiger charge is 2.13. The number of ketones is 1. The number of anilines is 1. The Labute approximate surface area is 89.1 Å². The van der Waals surface area contributed by atoms with E-state index < -0.39 is 0 Å². The van der Waals surface area contributed by atoms with E-state index in [0.717, 1.165) is 6.42 Å². The quantitative estimate of drug-likeness (QED) is 0.617. The van der Waals surface area contributed by atoms with E-state index in [0.29, 0.717) is 16.3 Å². The molecule has 0 fully saturated rings. The maximum Gasteiger partial charge on any atom is 0.165 e. The Hall–Kier alpha value is -1.02. The smallest absolute Gasteiger partial charge is 0.165 e. The Morgan fingerprint density at radius 3 is 2.71 bits per heavy atom. The highest BCUT2D eigenvalue weighted by Crippen LogP contribution is 2.21. The molecule has 2 N–H and O–H groups in total. The first-order valence-electron chi connectivity index (χ1n) is 4.65. The lowest BCUT2D eigenvalue weighted by Gasteiger charge is -2.08. The van der Waals surface area contributed by atoms with E-state index in [2.05, 4.69) is 0 Å². The van der Waals surface area contributed by atoms with Crippen LogP contribution in [-0.2, 0) is 0 Å². The number of carbonyl (C=O) groups excluding carboxylic acids is 1. The predicted octanol–water partition coefficient (Wildman–Crippen LogP) is 3.15. The van der Waals surface area contributed by atoms with Gasteiger partial charge in [0, 0.05) is 11.5 Å². The lowest BCUT2D eigenvalue weighted by molar-refractivity contribution is 0.0927. The second-order valence-corrected chi connectivity index (χ2v) is 3.82. The first-order chi connectivity index (χ1) is 6.56. The third-order valence-electron chi connectivity index (χ3n) is 2.34. The predicted molar refractivity (Wildman–Crippen MR) is 59.6 cm³/mol. The molecule has 3 heteroatoms. The second-order valence-electron chi connectivity index (χ2n) is 3.41. The van der Waals surface area contributed by atoms with Gasteiger partial charge in [-0.2, -0.15) is 0 Å². The van der Waals surface area contributed by atoms with Gasteiger partial charge in [0.15, 0.2) is 5.78 Å². The second kappa shape index (κ2) is 4.47. The average molecular weight is 212 g/mol. The van der Waals surface area contributed by atoms with Gasteiger partial charge in [-0.05, 0) is 24.6 Å². The molecule has 0 spiro atoms. The van der Waals surface area contributed by atoms with Crippen molar-refractivity contribution in [1.82, 2.24) is 0 Å². The molecular formula is C11H14ClNO. The third kappa shape index (κ3) is 2.26. The van der Waals surface area contributed by atoms with E-state index in [-0.39, 0.29) is 11.7 Å². The molecule has 1 unspecified atom stereocenters. The molecule has 0 amide bonds. The molecule has 1 aromatic carbocycles. The minimum Gasteiger partial charge on any atom is -0.398 e. The molecule has 0 saturated carbocycles. The molecule has 0 heterocycles. The van der Waals surface area contributed by atoms with Crippen LogP contribution in [-0.4, -0.2) is 5.78 Å². The van der Waals surface area contributed by atoms with Gasteiger partial charge >= 0.3 is 0 Å². The summed E-state index contributed by atoms with van der Waals surface area (Å²) in [5.74, 6) is 0.159. The number of benzene rings is 1. The molecule has 0 aromatic heterocycles. The molecule has 1 rings (SSSR count). The van der Waals surface area contributed by atoms with Gasteiger partial charge in [-0.25, -0.2) is 0 Å². The molecule has 76 valence electrons. The number of rotatable bonds is 3. The monoisotopic (exact) mass is 211 g/mol. The number of nitrogens with two attached hydrogens (primary N) is 1. The maximum absolute atomic E-state index is 11.7. The van der Waals surface area contributed by atoms with Gasteiger partial charge < -0.3 is 5.73 Å². The van der Waals surface area contributed by atoms with Crippen LogP contribution in [0, 0.1) is 5.92 Å². The molecule has 0 bridgehead atoms. The van der Waals surface area contributed by atoms with Gasteiger partial charge in [-0.15, -0.1) is 0 Å². The van der Waals surface area contributed by atoms with Crippen molar-refractivity contribution in [2.75, 3.05) is 5.73 Å². The molecule has 0 radical (unpaired) electrons. The normalized spacial score (nSPS) is 12.5. The molecule has 0 saturated heterocycles. The molecule has 1 atom stereocenters. The van der Waals surface area contributed by atoms with Crippen LogP contribution in [0.5, 0.6) is 0 Å². The van der Waals surface area contributed by atoms with Crippen LogP contribution in [0.3, 0.4) is 0 Å². The van der Waals surface area contributed by atoms with E-state index >= 15 is 0 Å². The zero-order valence-corrected chi connectivity index (χ0v) is 9.14. The summed E-state index contributed by atoms with van der Waals surface area (Å²) in [6.45, 7) is 3.90. The summed E-state index contributed by atoms with van der Waals surface area (Å²) in [6.07, 6.45) is 0.835. The summed E-state index contributed by atoms with van der Waals surface area (Å²) >= 11 is 5.76. The number of hydrogen-bond donors (Lipinski definition) is 1. The van der Waals surface area contributed by atoms with Gasteiger partial charge in [0.25, 0.3) is 0 Å². The summed E-state index contributed by atoms with van der Waals surface area (Å²) < 4.78 is 0. The lowest BCUT2D eigenvalue weighted by Crippen LogP contribution is -2.10. The molecule has 14 heavy (non-hydrogen) atoms. The summed E-state index contributed by atoms with van der Waals surface area (Å²) in [6, 6.07) is 5.01. The van der Waals surface area contributed by atoms with Crippen LogP contribution in [0.4, 0.5) is 5.69 Å². The van der Waals surface area contributed by atoms with Crippen molar-refractivity contribution >= 4 is 23.1 Å². The Morgan fingerprint density at radius 2 is 2.21 bits per heavy atom. The van der Waals surface area contributed by atoms with Crippen LogP contribution in [0.25, 0.3) is 0 Å². The Balaban J connectivity index is 2.97. The van der Waals surface area contributed by atoms with Gasteiger partial charge in [-0.3, -0.25) is 4.79 Å². The molecule has 0 aliphatic carbocycles. The highest BCUT2D eigenvalue weighted by molar-refractivity contribution is 6.33. The van der Waals surface area contributed by atoms with E-state index in [4.69, 9.17) is 17.3 Å². The first kappa shape index (κ1) is 11.1. The highest BCUT2D eigenvalue weighted by atomic mass is 35.5. The molecule has 0 aliphatic heterocycles. The van der Waals surface area contributed by atoms with Crippen molar-refractivity contribution in [1.29, 1.82) is 0 Å². The SMILES string of the molecule is CCC(C)C(=O)c1ccc(Cl)c(N)c1. The van der Waals surface area contributed by atoms with Crippen LogP contribution in [0.2, 0.25) is 5.02 Å². The molecule has 0 aliphatic rings. The summed E-state index contributed by atoms with van der Waals surface area (Å²) in [5, 5.41) is 0.491. The number of carbonyl (C=O) groups is 1. The fourth-order valence-corrected chi connectivity index (χ4v) is 1.28. The molecule has 2 nitrogen and oxygen atoms in total. The van der Waals surface area contributed by atoms with Crippen LogP contribution in [0.1, 0.15) is 30.6 Å². The van der Waals surface area contributed by atoms with Gasteiger partial charge in [-0.1, -0.05) is 25.4 Å². The van der Waals surface area contributed by atoms with Gasteiger partial charge in [0.05, 0.1) is 10.7 Å². The van der Waals surface area contributed by atoms with Crippen molar-refractivity contribution in [2.24, 2.45) is 5.92 Å². The Morgan fingerprint density at radius 1 is 1.57 bits per heavy atom. The maximum atomic E-state index is 11.7. The first-order valence-corrected chi connectivity index (χ1v) is 5.03. The summed E-state index contributed by atoms with van der Waals surface area (Å²) in [4.78, 5) is 11.7. The number of hydrogen-bond acceptors (Lipinski definition) is 2. The third-order valence-corrected chi connectivity index (χ3v) is 2.68. The van der Waals surface area contributed by atoms with Gasteiger partial charge in [0.1, 0.15) is 0 Å². The van der Waals surface area contributed by atoms with Crippen LogP contribution in [0.15, 0.2) is 18.2 Å². The van der Waals surface area contributed by atoms with Crippen LogP contribution < -0.4 is 5.73 Å². The largest absolute Gasteiger partial charge is 0.398 e. The fourth-order valence-electron chi connectivity index (χ4n) is 1.17. The Bertz CT molecular complexity index is 349. The van der Waals surface area contributed by atoms with Crippen molar-refractivity contribution < 1.29 is 4.79 Å². The van der Waals surface area contributed by atoms with E-state index in [1.54, 1.807) is 18.2 Å². The van der Waals surface area contributed by atoms with Crippen molar-refractivity contribution in [3.63, 3.8) is 0 Å². The van der Waals surface area contributed by atoms with E-state index in [1.807, 2.05) is 13.8 Å². The van der Waals surface area contributed by atoms with E-state index in [1.165, 1.54) is 0 Å². The Kier molecular flexibility index (Phi) is 3.53. The number of halogens is 1. The zero-order valence-electron chi connectivity index (χ0n) is 8.38. The summed E-state index contributed by atoms with van der Waals surface area (Å²) in [7, 11) is 0. The van der Waals surface area contributed by atoms with Crippen molar-refractivity contribution in [3.8, 4) is 0 Å². The molecule has 1 aromatic rings. The van der Waals surface area contributed by atoms with Crippen LogP contribution >= 0.6 is 11.6 Å². The lowest BCUT2D eigenvalue weighted by atomic mass is 9.97. The molecular weight excluding hydrogens is 198 g/mol. The van der Waals surface area contributed by atoms with Gasteiger partial charge in [0.2, 0.25) is 0 Å². The minimum absolute atomic E-state index is 0.0376. The van der Waals surface area contributed by atoms with E-state index in [9.17, 15) is 4.79 Å². The topological polar surface area (TPSA) is 43.1 Å². The standard InChI is InChI=1S/C11H14ClNO/c1-3-7(2)11(14)8-4-5-9(12)10(13)6-8/h4-7H,3,13H2,1-2H3. The minimum atomic E-state index is 0.0376. The summed E-state index contributed by atoms with van der Waals surface area (Å²) in [5.41, 5.74) is 6.72. The zero-order chi connectivity index (χ0) is 10.7.